The van der Waals surface area contributed by atoms with Crippen LogP contribution in [0.4, 0.5) is 11.4 Å². The standard InChI is InChI=1S/C12H15ClN2O3/c13-9-4-2-5-10(15(17)18)12(9)14-7-8-3-1-6-11(8)16/h2,4-5,8,11,14,16H,1,3,6-7H2. The molecular weight excluding hydrogens is 256 g/mol. The molecule has 0 amide bonds. The second kappa shape index (κ2) is 5.54. The quantitative estimate of drug-likeness (QED) is 0.652. The Bertz CT molecular complexity index is 453. The van der Waals surface area contributed by atoms with Crippen molar-refractivity contribution >= 4 is 23.0 Å². The normalized spacial score (nSPS) is 23.0. The maximum absolute atomic E-state index is 10.9. The number of aliphatic hydroxyl groups is 1. The molecule has 1 aliphatic carbocycles. The maximum Gasteiger partial charge on any atom is 0.293 e. The van der Waals surface area contributed by atoms with Crippen LogP contribution in [0, 0.1) is 16.0 Å². The van der Waals surface area contributed by atoms with Gasteiger partial charge in [-0.25, -0.2) is 0 Å². The molecule has 2 unspecified atom stereocenters. The van der Waals surface area contributed by atoms with Gasteiger partial charge < -0.3 is 10.4 Å². The molecule has 2 N–H and O–H groups in total. The lowest BCUT2D eigenvalue weighted by Gasteiger charge is -2.16. The lowest BCUT2D eigenvalue weighted by atomic mass is 10.1. The summed E-state index contributed by atoms with van der Waals surface area (Å²) in [4.78, 5) is 10.4. The maximum atomic E-state index is 10.9. The van der Waals surface area contributed by atoms with Crippen LogP contribution in [0.1, 0.15) is 19.3 Å². The molecule has 1 aromatic carbocycles. The number of nitrogens with one attached hydrogen (secondary N) is 1. The fourth-order valence-electron chi connectivity index (χ4n) is 2.33. The minimum absolute atomic E-state index is 0.0324. The molecule has 0 aliphatic heterocycles. The van der Waals surface area contributed by atoms with E-state index in [9.17, 15) is 15.2 Å². The molecule has 1 aromatic rings. The molecular formula is C12H15ClN2O3. The number of anilines is 1. The number of hydrogen-bond donors (Lipinski definition) is 2. The van der Waals surface area contributed by atoms with Crippen molar-refractivity contribution in [2.75, 3.05) is 11.9 Å². The molecule has 1 aliphatic rings. The molecule has 2 rings (SSSR count). The van der Waals surface area contributed by atoms with Gasteiger partial charge in [0.05, 0.1) is 16.0 Å². The van der Waals surface area contributed by atoms with Crippen LogP contribution in [0.3, 0.4) is 0 Å². The van der Waals surface area contributed by atoms with Gasteiger partial charge in [0.2, 0.25) is 0 Å². The van der Waals surface area contributed by atoms with Crippen LogP contribution in [-0.4, -0.2) is 22.7 Å². The van der Waals surface area contributed by atoms with E-state index < -0.39 is 4.92 Å². The van der Waals surface area contributed by atoms with E-state index in [0.717, 1.165) is 19.3 Å². The Morgan fingerprint density at radius 3 is 2.89 bits per heavy atom. The van der Waals surface area contributed by atoms with Gasteiger partial charge in [0.15, 0.2) is 0 Å². The lowest BCUT2D eigenvalue weighted by Crippen LogP contribution is -2.22. The average molecular weight is 271 g/mol. The summed E-state index contributed by atoms with van der Waals surface area (Å²) in [6.07, 6.45) is 2.42. The highest BCUT2D eigenvalue weighted by Gasteiger charge is 2.26. The summed E-state index contributed by atoms with van der Waals surface area (Å²) in [6, 6.07) is 4.58. The third-order valence-electron chi connectivity index (χ3n) is 3.35. The summed E-state index contributed by atoms with van der Waals surface area (Å²) in [5, 5.41) is 23.9. The third kappa shape index (κ3) is 2.73. The van der Waals surface area contributed by atoms with E-state index in [1.165, 1.54) is 6.07 Å². The lowest BCUT2D eigenvalue weighted by molar-refractivity contribution is -0.383. The third-order valence-corrected chi connectivity index (χ3v) is 3.66. The minimum Gasteiger partial charge on any atom is -0.393 e. The molecule has 1 fully saturated rings. The van der Waals surface area contributed by atoms with Gasteiger partial charge in [0, 0.05) is 18.5 Å². The van der Waals surface area contributed by atoms with Crippen LogP contribution in [0.2, 0.25) is 5.02 Å². The topological polar surface area (TPSA) is 75.4 Å². The zero-order valence-corrected chi connectivity index (χ0v) is 10.6. The second-order valence-corrected chi connectivity index (χ2v) is 4.94. The fourth-order valence-corrected chi connectivity index (χ4v) is 2.56. The van der Waals surface area contributed by atoms with Gasteiger partial charge in [0.1, 0.15) is 5.69 Å². The van der Waals surface area contributed by atoms with Gasteiger partial charge in [-0.2, -0.15) is 0 Å². The largest absolute Gasteiger partial charge is 0.393 e. The first-order valence-corrected chi connectivity index (χ1v) is 6.32. The monoisotopic (exact) mass is 270 g/mol. The van der Waals surface area contributed by atoms with Gasteiger partial charge >= 0.3 is 0 Å². The highest BCUT2D eigenvalue weighted by atomic mass is 35.5. The predicted molar refractivity (Wildman–Crippen MR) is 69.9 cm³/mol. The molecule has 0 aromatic heterocycles. The number of nitro benzene ring substituents is 1. The molecule has 5 nitrogen and oxygen atoms in total. The molecule has 0 bridgehead atoms. The molecule has 0 radical (unpaired) electrons. The first kappa shape index (κ1) is 13.1. The number of para-hydroxylation sites is 1. The van der Waals surface area contributed by atoms with Crippen LogP contribution in [0.15, 0.2) is 18.2 Å². The molecule has 1 saturated carbocycles. The molecule has 2 atom stereocenters. The van der Waals surface area contributed by atoms with Crippen molar-refractivity contribution in [3.05, 3.63) is 33.3 Å². The number of aliphatic hydroxyl groups excluding tert-OH is 1. The van der Waals surface area contributed by atoms with E-state index in [2.05, 4.69) is 5.32 Å². The Morgan fingerprint density at radius 1 is 1.50 bits per heavy atom. The highest BCUT2D eigenvalue weighted by Crippen LogP contribution is 2.33. The van der Waals surface area contributed by atoms with Gasteiger partial charge in [-0.1, -0.05) is 24.1 Å². The van der Waals surface area contributed by atoms with Gasteiger partial charge in [-0.15, -0.1) is 0 Å². The zero-order valence-electron chi connectivity index (χ0n) is 9.80. The number of halogens is 1. The van der Waals surface area contributed by atoms with Crippen LogP contribution in [-0.2, 0) is 0 Å². The van der Waals surface area contributed by atoms with Crippen LogP contribution < -0.4 is 5.32 Å². The average Bonchev–Trinajstić information content (AvgIpc) is 2.73. The van der Waals surface area contributed by atoms with Gasteiger partial charge in [0.25, 0.3) is 5.69 Å². The fraction of sp³-hybridized carbons (Fsp3) is 0.500. The molecule has 0 spiro atoms. The number of nitrogens with zero attached hydrogens (tertiary/aromatic N) is 1. The first-order chi connectivity index (χ1) is 8.59. The van der Waals surface area contributed by atoms with E-state index in [4.69, 9.17) is 11.6 Å². The van der Waals surface area contributed by atoms with Crippen molar-refractivity contribution in [2.24, 2.45) is 5.92 Å². The number of rotatable bonds is 4. The Balaban J connectivity index is 2.11. The van der Waals surface area contributed by atoms with Gasteiger partial charge in [-0.3, -0.25) is 10.1 Å². The highest BCUT2D eigenvalue weighted by molar-refractivity contribution is 6.33. The predicted octanol–water partition coefficient (Wildman–Crippen LogP) is 2.82. The van der Waals surface area contributed by atoms with E-state index in [1.807, 2.05) is 0 Å². The summed E-state index contributed by atoms with van der Waals surface area (Å²) in [5.41, 5.74) is 0.304. The van der Waals surface area contributed by atoms with Crippen molar-refractivity contribution in [3.63, 3.8) is 0 Å². The summed E-state index contributed by atoms with van der Waals surface area (Å²) in [6.45, 7) is 0.506. The number of nitro groups is 1. The van der Waals surface area contributed by atoms with E-state index in [0.29, 0.717) is 17.3 Å². The van der Waals surface area contributed by atoms with Crippen molar-refractivity contribution < 1.29 is 10.0 Å². The zero-order chi connectivity index (χ0) is 13.1. The Labute approximate surface area is 110 Å². The van der Waals surface area contributed by atoms with Crippen LogP contribution in [0.5, 0.6) is 0 Å². The SMILES string of the molecule is O=[N+]([O-])c1cccc(Cl)c1NCC1CCCC1O. The summed E-state index contributed by atoms with van der Waals surface area (Å²) in [5.74, 6) is 0.140. The molecule has 0 heterocycles. The van der Waals surface area contributed by atoms with E-state index in [1.54, 1.807) is 12.1 Å². The summed E-state index contributed by atoms with van der Waals surface area (Å²) in [7, 11) is 0. The summed E-state index contributed by atoms with van der Waals surface area (Å²) >= 11 is 5.97. The van der Waals surface area contributed by atoms with Crippen LogP contribution in [0.25, 0.3) is 0 Å². The van der Waals surface area contributed by atoms with Crippen LogP contribution >= 0.6 is 11.6 Å². The smallest absolute Gasteiger partial charge is 0.293 e. The Kier molecular flexibility index (Phi) is 4.04. The summed E-state index contributed by atoms with van der Waals surface area (Å²) < 4.78 is 0. The number of hydrogen-bond acceptors (Lipinski definition) is 4. The molecule has 18 heavy (non-hydrogen) atoms. The van der Waals surface area contributed by atoms with Crippen molar-refractivity contribution in [1.82, 2.24) is 0 Å². The first-order valence-electron chi connectivity index (χ1n) is 5.94. The van der Waals surface area contributed by atoms with Gasteiger partial charge in [-0.05, 0) is 18.9 Å². The van der Waals surface area contributed by atoms with E-state index in [-0.39, 0.29) is 17.7 Å². The van der Waals surface area contributed by atoms with Crippen molar-refractivity contribution in [1.29, 1.82) is 0 Å². The minimum atomic E-state index is -0.459. The van der Waals surface area contributed by atoms with Crippen molar-refractivity contribution in [2.45, 2.75) is 25.4 Å². The molecule has 0 saturated heterocycles. The molecule has 6 heteroatoms. The van der Waals surface area contributed by atoms with Crippen molar-refractivity contribution in [3.8, 4) is 0 Å². The van der Waals surface area contributed by atoms with E-state index >= 15 is 0 Å². The Morgan fingerprint density at radius 2 is 2.28 bits per heavy atom. The Hall–Kier alpha value is -1.33. The number of benzene rings is 1. The molecule has 98 valence electrons. The second-order valence-electron chi connectivity index (χ2n) is 4.53.